The van der Waals surface area contributed by atoms with Gasteiger partial charge in [0.15, 0.2) is 0 Å². The maximum absolute atomic E-state index is 13.0. The van der Waals surface area contributed by atoms with Crippen LogP contribution < -0.4 is 10.9 Å². The molecule has 0 aliphatic heterocycles. The normalized spacial score (nSPS) is 10.1. The van der Waals surface area contributed by atoms with E-state index in [-0.39, 0.29) is 5.56 Å². The second-order valence-electron chi connectivity index (χ2n) is 3.22. The minimum Gasteiger partial charge on any atom is -0.387 e. The molecule has 0 amide bonds. The summed E-state index contributed by atoms with van der Waals surface area (Å²) in [6.07, 6.45) is 1.51. The first-order valence-electron chi connectivity index (χ1n) is 4.74. The van der Waals surface area contributed by atoms with Gasteiger partial charge in [-0.05, 0) is 18.2 Å². The van der Waals surface area contributed by atoms with E-state index in [0.29, 0.717) is 11.4 Å². The Morgan fingerprint density at radius 2 is 2.19 bits per heavy atom. The predicted octanol–water partition coefficient (Wildman–Crippen LogP) is 1.41. The van der Waals surface area contributed by atoms with Crippen LogP contribution in [-0.2, 0) is 0 Å². The van der Waals surface area contributed by atoms with Gasteiger partial charge >= 0.3 is 0 Å². The van der Waals surface area contributed by atoms with Crippen LogP contribution in [0.15, 0.2) is 41.3 Å². The van der Waals surface area contributed by atoms with Crippen LogP contribution >= 0.6 is 0 Å². The van der Waals surface area contributed by atoms with Crippen LogP contribution in [0.2, 0.25) is 0 Å². The van der Waals surface area contributed by atoms with E-state index < -0.39 is 5.82 Å². The van der Waals surface area contributed by atoms with Crippen molar-refractivity contribution in [2.45, 2.75) is 0 Å². The number of benzene rings is 1. The second kappa shape index (κ2) is 4.14. The summed E-state index contributed by atoms with van der Waals surface area (Å²) in [5.74, 6) is -0.399. The highest BCUT2D eigenvalue weighted by Gasteiger charge is 2.02. The maximum Gasteiger partial charge on any atom is 0.273 e. The molecule has 0 atom stereocenters. The van der Waals surface area contributed by atoms with E-state index in [0.717, 1.165) is 4.68 Å². The minimum atomic E-state index is -0.399. The predicted molar refractivity (Wildman–Crippen MR) is 59.3 cm³/mol. The fourth-order valence-electron chi connectivity index (χ4n) is 1.35. The minimum absolute atomic E-state index is 0.308. The molecule has 0 saturated carbocycles. The van der Waals surface area contributed by atoms with E-state index >= 15 is 0 Å². The Hall–Kier alpha value is -2.17. The summed E-state index contributed by atoms with van der Waals surface area (Å²) in [5, 5.41) is 6.74. The van der Waals surface area contributed by atoms with Crippen molar-refractivity contribution in [3.05, 3.63) is 52.7 Å². The van der Waals surface area contributed by atoms with Crippen molar-refractivity contribution in [2.24, 2.45) is 0 Å². The van der Waals surface area contributed by atoms with Gasteiger partial charge in [-0.15, -0.1) is 0 Å². The molecule has 4 nitrogen and oxygen atoms in total. The lowest BCUT2D eigenvalue weighted by Crippen LogP contribution is -2.20. The van der Waals surface area contributed by atoms with Gasteiger partial charge in [-0.1, -0.05) is 6.07 Å². The molecule has 0 unspecified atom stereocenters. The zero-order valence-electron chi connectivity index (χ0n) is 8.64. The van der Waals surface area contributed by atoms with E-state index in [1.165, 1.54) is 30.5 Å². The first kappa shape index (κ1) is 10.4. The van der Waals surface area contributed by atoms with Gasteiger partial charge in [-0.2, -0.15) is 9.78 Å². The van der Waals surface area contributed by atoms with Crippen LogP contribution in [0.4, 0.5) is 10.1 Å². The summed E-state index contributed by atoms with van der Waals surface area (Å²) in [4.78, 5) is 11.6. The number of hydrogen-bond acceptors (Lipinski definition) is 3. The average Bonchev–Trinajstić information content (AvgIpc) is 2.28. The summed E-state index contributed by atoms with van der Waals surface area (Å²) in [6.45, 7) is 0. The molecule has 1 N–H and O–H groups in total. The van der Waals surface area contributed by atoms with Crippen LogP contribution in [0.1, 0.15) is 0 Å². The third kappa shape index (κ3) is 1.93. The van der Waals surface area contributed by atoms with Gasteiger partial charge in [0.1, 0.15) is 5.82 Å². The highest BCUT2D eigenvalue weighted by Crippen LogP contribution is 2.07. The van der Waals surface area contributed by atoms with Crippen molar-refractivity contribution in [3.8, 4) is 5.69 Å². The summed E-state index contributed by atoms with van der Waals surface area (Å²) < 4.78 is 14.1. The Kier molecular flexibility index (Phi) is 2.68. The largest absolute Gasteiger partial charge is 0.387 e. The first-order valence-corrected chi connectivity index (χ1v) is 4.74. The van der Waals surface area contributed by atoms with Crippen molar-refractivity contribution in [3.63, 3.8) is 0 Å². The topological polar surface area (TPSA) is 46.9 Å². The lowest BCUT2D eigenvalue weighted by atomic mass is 10.3. The molecule has 0 fully saturated rings. The van der Waals surface area contributed by atoms with E-state index in [1.807, 2.05) is 0 Å². The molecule has 0 saturated heterocycles. The van der Waals surface area contributed by atoms with Gasteiger partial charge in [-0.3, -0.25) is 4.79 Å². The molecule has 82 valence electrons. The first-order chi connectivity index (χ1) is 7.70. The Morgan fingerprint density at radius 1 is 1.38 bits per heavy atom. The lowest BCUT2D eigenvalue weighted by molar-refractivity contribution is 0.624. The van der Waals surface area contributed by atoms with Crippen molar-refractivity contribution in [1.29, 1.82) is 0 Å². The van der Waals surface area contributed by atoms with Crippen LogP contribution in [-0.4, -0.2) is 16.8 Å². The number of rotatable bonds is 2. The molecule has 0 aliphatic rings. The molecule has 0 radical (unpaired) electrons. The summed E-state index contributed by atoms with van der Waals surface area (Å²) in [6, 6.07) is 7.13. The fraction of sp³-hybridized carbons (Fsp3) is 0.0909. The molecule has 16 heavy (non-hydrogen) atoms. The van der Waals surface area contributed by atoms with Gasteiger partial charge in [0.05, 0.1) is 17.6 Å². The molecule has 2 rings (SSSR count). The molecule has 1 aromatic heterocycles. The zero-order chi connectivity index (χ0) is 11.5. The molecule has 5 heteroatoms. The number of nitrogens with one attached hydrogen (secondary N) is 1. The second-order valence-corrected chi connectivity index (χ2v) is 3.22. The molecular formula is C11H10FN3O. The third-order valence-corrected chi connectivity index (χ3v) is 2.14. The van der Waals surface area contributed by atoms with E-state index in [4.69, 9.17) is 0 Å². The molecule has 0 spiro atoms. The summed E-state index contributed by atoms with van der Waals surface area (Å²) >= 11 is 0. The summed E-state index contributed by atoms with van der Waals surface area (Å²) in [7, 11) is 1.70. The van der Waals surface area contributed by atoms with Gasteiger partial charge in [0.25, 0.3) is 5.56 Å². The van der Waals surface area contributed by atoms with Gasteiger partial charge in [0, 0.05) is 13.1 Å². The van der Waals surface area contributed by atoms with E-state index in [9.17, 15) is 9.18 Å². The van der Waals surface area contributed by atoms with Crippen LogP contribution in [0.3, 0.4) is 0 Å². The van der Waals surface area contributed by atoms with Gasteiger partial charge in [0.2, 0.25) is 0 Å². The number of halogens is 1. The Labute approximate surface area is 91.3 Å². The van der Waals surface area contributed by atoms with Crippen LogP contribution in [0, 0.1) is 5.82 Å². The number of anilines is 1. The maximum atomic E-state index is 13.0. The Bertz CT molecular complexity index is 565. The molecule has 0 bridgehead atoms. The SMILES string of the molecule is CNc1cnn(-c2cccc(F)c2)c(=O)c1. The average molecular weight is 219 g/mol. The quantitative estimate of drug-likeness (QED) is 0.830. The fourth-order valence-corrected chi connectivity index (χ4v) is 1.35. The number of hydrogen-bond donors (Lipinski definition) is 1. The van der Waals surface area contributed by atoms with Crippen molar-refractivity contribution >= 4 is 5.69 Å². The van der Waals surface area contributed by atoms with Gasteiger partial charge < -0.3 is 5.32 Å². The zero-order valence-corrected chi connectivity index (χ0v) is 8.64. The third-order valence-electron chi connectivity index (χ3n) is 2.14. The lowest BCUT2D eigenvalue weighted by Gasteiger charge is -2.05. The highest BCUT2D eigenvalue weighted by molar-refractivity contribution is 5.39. The van der Waals surface area contributed by atoms with Gasteiger partial charge in [-0.25, -0.2) is 4.39 Å². The Balaban J connectivity index is 2.53. The standard InChI is InChI=1S/C11H10FN3O/c1-13-9-6-11(16)15(14-7-9)10-4-2-3-8(12)5-10/h2-7,13H,1H3. The van der Waals surface area contributed by atoms with E-state index in [2.05, 4.69) is 10.4 Å². The van der Waals surface area contributed by atoms with Crippen molar-refractivity contribution in [1.82, 2.24) is 9.78 Å². The molecule has 0 aliphatic carbocycles. The molecule has 1 aromatic carbocycles. The summed E-state index contributed by atoms with van der Waals surface area (Å²) in [5.41, 5.74) is 0.725. The molecule has 2 aromatic rings. The van der Waals surface area contributed by atoms with Crippen molar-refractivity contribution in [2.75, 3.05) is 12.4 Å². The molecule has 1 heterocycles. The van der Waals surface area contributed by atoms with Crippen molar-refractivity contribution < 1.29 is 4.39 Å². The van der Waals surface area contributed by atoms with Crippen LogP contribution in [0.25, 0.3) is 5.69 Å². The number of aromatic nitrogens is 2. The Morgan fingerprint density at radius 3 is 2.81 bits per heavy atom. The smallest absolute Gasteiger partial charge is 0.273 e. The monoisotopic (exact) mass is 219 g/mol. The molecular weight excluding hydrogens is 209 g/mol. The number of nitrogens with zero attached hydrogens (tertiary/aromatic N) is 2. The highest BCUT2D eigenvalue weighted by atomic mass is 19.1. The van der Waals surface area contributed by atoms with E-state index in [1.54, 1.807) is 13.1 Å². The van der Waals surface area contributed by atoms with Crippen LogP contribution in [0.5, 0.6) is 0 Å².